The molecule has 1 aromatic heterocycles. The summed E-state index contributed by atoms with van der Waals surface area (Å²) in [5, 5.41) is 0.0752. The largest absolute Gasteiger partial charge is 0.337 e. The highest BCUT2D eigenvalue weighted by Crippen LogP contribution is 2.06. The lowest BCUT2D eigenvalue weighted by Crippen LogP contribution is -2.31. The third kappa shape index (κ3) is 3.29. The number of nitrogens with one attached hydrogen (secondary N) is 1. The van der Waals surface area contributed by atoms with Gasteiger partial charge in [0.25, 0.3) is 10.0 Å². The number of imidazole rings is 1. The Hall–Kier alpha value is -0.920. The lowest BCUT2D eigenvalue weighted by molar-refractivity contribution is 0.412. The monoisotopic (exact) mass is 246 g/mol. The lowest BCUT2D eigenvalue weighted by atomic mass is 10.6. The molecule has 1 N–H and O–H groups in total. The number of hydrogen-bond acceptors (Lipinski definition) is 4. The third-order valence-electron chi connectivity index (χ3n) is 2.21. The van der Waals surface area contributed by atoms with E-state index in [1.807, 2.05) is 19.0 Å². The molecule has 0 amide bonds. The van der Waals surface area contributed by atoms with E-state index >= 15 is 0 Å². The second-order valence-electron chi connectivity index (χ2n) is 3.94. The number of sulfonamides is 1. The van der Waals surface area contributed by atoms with Crippen molar-refractivity contribution in [2.24, 2.45) is 7.05 Å². The third-order valence-corrected chi connectivity index (χ3v) is 3.54. The molecule has 7 heteroatoms. The van der Waals surface area contributed by atoms with Gasteiger partial charge in [-0.2, -0.15) is 0 Å². The Morgan fingerprint density at radius 2 is 2.12 bits per heavy atom. The maximum Gasteiger partial charge on any atom is 0.259 e. The van der Waals surface area contributed by atoms with Crippen molar-refractivity contribution in [2.45, 2.75) is 11.9 Å². The van der Waals surface area contributed by atoms with E-state index in [-0.39, 0.29) is 5.03 Å². The van der Waals surface area contributed by atoms with Crippen molar-refractivity contribution in [3.63, 3.8) is 0 Å². The molecular weight excluding hydrogens is 228 g/mol. The van der Waals surface area contributed by atoms with Crippen LogP contribution in [0.5, 0.6) is 0 Å². The average molecular weight is 246 g/mol. The minimum absolute atomic E-state index is 0.0752. The maximum absolute atomic E-state index is 11.8. The summed E-state index contributed by atoms with van der Waals surface area (Å²) in [7, 11) is 2.08. The highest BCUT2D eigenvalue weighted by atomic mass is 32.2. The summed E-state index contributed by atoms with van der Waals surface area (Å²) < 4.78 is 27.7. The van der Waals surface area contributed by atoms with Crippen molar-refractivity contribution < 1.29 is 8.42 Å². The summed E-state index contributed by atoms with van der Waals surface area (Å²) >= 11 is 0. The molecule has 16 heavy (non-hydrogen) atoms. The van der Waals surface area contributed by atoms with Gasteiger partial charge >= 0.3 is 0 Å². The van der Waals surface area contributed by atoms with Gasteiger partial charge in [0, 0.05) is 26.3 Å². The maximum atomic E-state index is 11.8. The summed E-state index contributed by atoms with van der Waals surface area (Å²) in [6.07, 6.45) is 1.51. The zero-order valence-corrected chi connectivity index (χ0v) is 10.9. The zero-order valence-electron chi connectivity index (χ0n) is 10.1. The van der Waals surface area contributed by atoms with Gasteiger partial charge in [-0.25, -0.2) is 18.1 Å². The molecule has 0 radical (unpaired) electrons. The van der Waals surface area contributed by atoms with Crippen LogP contribution in [0.3, 0.4) is 0 Å². The minimum Gasteiger partial charge on any atom is -0.337 e. The number of hydrogen-bond donors (Lipinski definition) is 1. The van der Waals surface area contributed by atoms with Crippen molar-refractivity contribution in [3.8, 4) is 0 Å². The fourth-order valence-corrected chi connectivity index (χ4v) is 2.19. The summed E-state index contributed by atoms with van der Waals surface area (Å²) in [5.74, 6) is 0.674. The lowest BCUT2D eigenvalue weighted by Gasteiger charge is -2.09. The van der Waals surface area contributed by atoms with Crippen molar-refractivity contribution in [1.82, 2.24) is 19.2 Å². The molecule has 6 nitrogen and oxygen atoms in total. The van der Waals surface area contributed by atoms with Crippen molar-refractivity contribution in [2.75, 3.05) is 27.2 Å². The molecular formula is C9H18N4O2S. The number of aromatic nitrogens is 2. The van der Waals surface area contributed by atoms with Gasteiger partial charge in [-0.15, -0.1) is 0 Å². The van der Waals surface area contributed by atoms with Crippen molar-refractivity contribution in [1.29, 1.82) is 0 Å². The molecule has 1 heterocycles. The van der Waals surface area contributed by atoms with Gasteiger partial charge in [0.1, 0.15) is 5.82 Å². The van der Waals surface area contributed by atoms with Crippen molar-refractivity contribution >= 4 is 10.0 Å². The molecule has 92 valence electrons. The summed E-state index contributed by atoms with van der Waals surface area (Å²) in [5.41, 5.74) is 0. The van der Waals surface area contributed by atoms with Crippen LogP contribution in [-0.2, 0) is 17.1 Å². The van der Waals surface area contributed by atoms with E-state index in [2.05, 4.69) is 9.71 Å². The van der Waals surface area contributed by atoms with Crippen LogP contribution in [-0.4, -0.2) is 50.1 Å². The van der Waals surface area contributed by atoms with Gasteiger partial charge in [0.05, 0.1) is 0 Å². The van der Waals surface area contributed by atoms with Crippen LogP contribution in [0.2, 0.25) is 0 Å². The Bertz CT molecular complexity index is 431. The number of rotatable bonds is 5. The fourth-order valence-electron chi connectivity index (χ4n) is 1.13. The molecule has 0 fully saturated rings. The van der Waals surface area contributed by atoms with E-state index in [1.165, 1.54) is 6.20 Å². The zero-order chi connectivity index (χ0) is 12.3. The van der Waals surface area contributed by atoms with E-state index in [0.717, 1.165) is 0 Å². The SMILES string of the molecule is Cc1nc(S(=O)(=O)NCCN(C)C)cn1C. The second kappa shape index (κ2) is 4.94. The van der Waals surface area contributed by atoms with Gasteiger partial charge in [0.2, 0.25) is 0 Å². The van der Waals surface area contributed by atoms with E-state index in [4.69, 9.17) is 0 Å². The molecule has 0 saturated carbocycles. The molecule has 0 aromatic carbocycles. The van der Waals surface area contributed by atoms with E-state index in [0.29, 0.717) is 18.9 Å². The van der Waals surface area contributed by atoms with Gasteiger partial charge in [-0.3, -0.25) is 0 Å². The first kappa shape index (κ1) is 13.1. The second-order valence-corrected chi connectivity index (χ2v) is 5.65. The average Bonchev–Trinajstić information content (AvgIpc) is 2.46. The molecule has 0 bridgehead atoms. The smallest absolute Gasteiger partial charge is 0.259 e. The van der Waals surface area contributed by atoms with Crippen LogP contribution in [0.25, 0.3) is 0 Å². The quantitative estimate of drug-likeness (QED) is 0.765. The predicted molar refractivity (Wildman–Crippen MR) is 61.7 cm³/mol. The van der Waals surface area contributed by atoms with Gasteiger partial charge in [-0.1, -0.05) is 0 Å². The topological polar surface area (TPSA) is 67.2 Å². The highest BCUT2D eigenvalue weighted by Gasteiger charge is 2.17. The first-order valence-electron chi connectivity index (χ1n) is 4.97. The Kier molecular flexibility index (Phi) is 4.06. The summed E-state index contributed by atoms with van der Waals surface area (Å²) in [4.78, 5) is 5.89. The molecule has 0 atom stereocenters. The summed E-state index contributed by atoms with van der Waals surface area (Å²) in [6, 6.07) is 0. The Balaban J connectivity index is 2.71. The Labute approximate surface area is 96.3 Å². The standard InChI is InChI=1S/C9H18N4O2S/c1-8-11-9(7-13(8)4)16(14,15)10-5-6-12(2)3/h7,10H,5-6H2,1-4H3. The van der Waals surface area contributed by atoms with E-state index in [9.17, 15) is 8.42 Å². The Morgan fingerprint density at radius 1 is 1.50 bits per heavy atom. The van der Waals surface area contributed by atoms with Crippen LogP contribution in [0.1, 0.15) is 5.82 Å². The molecule has 1 aromatic rings. The molecule has 0 aliphatic carbocycles. The predicted octanol–water partition coefficient (Wildman–Crippen LogP) is -0.432. The normalized spacial score (nSPS) is 12.3. The molecule has 0 unspecified atom stereocenters. The van der Waals surface area contributed by atoms with Gasteiger partial charge in [0.15, 0.2) is 5.03 Å². The first-order valence-corrected chi connectivity index (χ1v) is 6.45. The van der Waals surface area contributed by atoms with Crippen LogP contribution >= 0.6 is 0 Å². The van der Waals surface area contributed by atoms with E-state index < -0.39 is 10.0 Å². The molecule has 0 saturated heterocycles. The van der Waals surface area contributed by atoms with Crippen LogP contribution in [0.4, 0.5) is 0 Å². The van der Waals surface area contributed by atoms with Crippen LogP contribution in [0.15, 0.2) is 11.2 Å². The number of likely N-dealkylation sites (N-methyl/N-ethyl adjacent to an activating group) is 1. The Morgan fingerprint density at radius 3 is 2.56 bits per heavy atom. The molecule has 0 aliphatic heterocycles. The highest BCUT2D eigenvalue weighted by molar-refractivity contribution is 7.89. The van der Waals surface area contributed by atoms with Crippen LogP contribution < -0.4 is 4.72 Å². The fraction of sp³-hybridized carbons (Fsp3) is 0.667. The molecule has 0 aliphatic rings. The number of aryl methyl sites for hydroxylation is 2. The number of nitrogens with zero attached hydrogens (tertiary/aromatic N) is 3. The van der Waals surface area contributed by atoms with Crippen molar-refractivity contribution in [3.05, 3.63) is 12.0 Å². The van der Waals surface area contributed by atoms with Crippen LogP contribution in [0, 0.1) is 6.92 Å². The van der Waals surface area contributed by atoms with E-state index in [1.54, 1.807) is 18.5 Å². The minimum atomic E-state index is -3.47. The van der Waals surface area contributed by atoms with Gasteiger partial charge in [-0.05, 0) is 21.0 Å². The first-order chi connectivity index (χ1) is 7.33. The van der Waals surface area contributed by atoms with Gasteiger partial charge < -0.3 is 9.47 Å². The molecule has 0 spiro atoms. The molecule has 1 rings (SSSR count). The summed E-state index contributed by atoms with van der Waals surface area (Å²) in [6.45, 7) is 2.80.